The fourth-order valence-electron chi connectivity index (χ4n) is 4.09. The molecule has 0 N–H and O–H groups in total. The average molecular weight is 548 g/mol. The van der Waals surface area contributed by atoms with Gasteiger partial charge < -0.3 is 9.47 Å². The molecular weight excluding hydrogens is 516 g/mol. The summed E-state index contributed by atoms with van der Waals surface area (Å²) in [4.78, 5) is 18.9. The van der Waals surface area contributed by atoms with Crippen LogP contribution in [0, 0.1) is 11.6 Å². The number of benzene rings is 2. The van der Waals surface area contributed by atoms with Crippen LogP contribution in [-0.2, 0) is 4.74 Å². The predicted octanol–water partition coefficient (Wildman–Crippen LogP) is 7.47. The molecule has 6 nitrogen and oxygen atoms in total. The number of ether oxygens (including phenoxy) is 2. The quantitative estimate of drug-likeness (QED) is 0.286. The number of halogens is 2. The summed E-state index contributed by atoms with van der Waals surface area (Å²) in [7, 11) is 0. The summed E-state index contributed by atoms with van der Waals surface area (Å²) < 4.78 is 42.6. The highest BCUT2D eigenvalue weighted by atomic mass is 32.2. The van der Waals surface area contributed by atoms with Crippen LogP contribution in [0.3, 0.4) is 0 Å². The molecule has 0 bridgehead atoms. The first-order valence-corrected chi connectivity index (χ1v) is 13.9. The fraction of sp³-hybridized carbons (Fsp3) is 0.407. The van der Waals surface area contributed by atoms with E-state index in [2.05, 4.69) is 28.9 Å². The fourth-order valence-corrected chi connectivity index (χ4v) is 5.45. The van der Waals surface area contributed by atoms with Crippen LogP contribution >= 0.6 is 23.3 Å². The maximum atomic E-state index is 15.1. The van der Waals surface area contributed by atoms with Gasteiger partial charge in [-0.15, -0.1) is 11.3 Å². The number of hydrogen-bond acceptors (Lipinski definition) is 7. The lowest BCUT2D eigenvalue weighted by Crippen LogP contribution is -2.39. The lowest BCUT2D eigenvalue weighted by molar-refractivity contribution is 0.0611. The first kappa shape index (κ1) is 27.3. The number of anilines is 1. The van der Waals surface area contributed by atoms with Gasteiger partial charge in [0.1, 0.15) is 34.0 Å². The van der Waals surface area contributed by atoms with Gasteiger partial charge >= 0.3 is 6.09 Å². The van der Waals surface area contributed by atoms with Crippen molar-refractivity contribution in [2.24, 2.45) is 0 Å². The standard InChI is InChI=1S/C27H31F2N3O3S2/c1-18(19-8-6-5-7-9-19)31-12-10-20(11-13-31)34-21-14-22(28)25(23(29)15-21)37-32(24-16-36-17-30-24)26(33)35-27(2,3)4/h5-9,14-18,20H,10-13H2,1-4H3. The molecule has 1 fully saturated rings. The van der Waals surface area contributed by atoms with Crippen LogP contribution in [0.4, 0.5) is 19.4 Å². The Morgan fingerprint density at radius 1 is 1.16 bits per heavy atom. The number of piperidine rings is 1. The SMILES string of the molecule is CC(c1ccccc1)N1CCC(Oc2cc(F)c(SN(C(=O)OC(C)(C)C)c3cscn3)c(F)c2)CC1. The van der Waals surface area contributed by atoms with Crippen molar-refractivity contribution in [3.05, 3.63) is 70.6 Å². The molecule has 0 saturated carbocycles. The van der Waals surface area contributed by atoms with Crippen LogP contribution in [0.1, 0.15) is 52.1 Å². The zero-order chi connectivity index (χ0) is 26.6. The first-order valence-electron chi connectivity index (χ1n) is 12.1. The van der Waals surface area contributed by atoms with Crippen LogP contribution < -0.4 is 9.04 Å². The Labute approximate surface area is 224 Å². The van der Waals surface area contributed by atoms with Crippen LogP contribution in [0.5, 0.6) is 5.75 Å². The molecule has 4 rings (SSSR count). The summed E-state index contributed by atoms with van der Waals surface area (Å²) in [5.74, 6) is -1.27. The topological polar surface area (TPSA) is 54.9 Å². The van der Waals surface area contributed by atoms with Crippen molar-refractivity contribution in [3.8, 4) is 5.75 Å². The minimum absolute atomic E-state index is 0.131. The Hall–Kier alpha value is -2.69. The molecule has 3 aromatic rings. The Kier molecular flexibility index (Phi) is 8.71. The van der Waals surface area contributed by atoms with Crippen molar-refractivity contribution in [3.63, 3.8) is 0 Å². The van der Waals surface area contributed by atoms with E-state index < -0.39 is 23.3 Å². The van der Waals surface area contributed by atoms with E-state index in [4.69, 9.17) is 9.47 Å². The number of likely N-dealkylation sites (tertiary alicyclic amines) is 1. The van der Waals surface area contributed by atoms with E-state index >= 15 is 8.78 Å². The Bertz CT molecular complexity index is 1160. The summed E-state index contributed by atoms with van der Waals surface area (Å²) in [5.41, 5.74) is 2.01. The Morgan fingerprint density at radius 3 is 2.38 bits per heavy atom. The third kappa shape index (κ3) is 7.21. The summed E-state index contributed by atoms with van der Waals surface area (Å²) in [6.07, 6.45) is 0.615. The average Bonchev–Trinajstić information content (AvgIpc) is 3.38. The molecule has 10 heteroatoms. The van der Waals surface area contributed by atoms with E-state index in [1.807, 2.05) is 18.2 Å². The maximum Gasteiger partial charge on any atom is 0.426 e. The highest BCUT2D eigenvalue weighted by molar-refractivity contribution is 8.01. The molecule has 198 valence electrons. The van der Waals surface area contributed by atoms with Gasteiger partial charge in [-0.05, 0) is 46.1 Å². The van der Waals surface area contributed by atoms with Crippen molar-refractivity contribution < 1.29 is 23.0 Å². The molecule has 1 saturated heterocycles. The number of carbonyl (C=O) groups is 1. The molecule has 2 aromatic carbocycles. The monoisotopic (exact) mass is 547 g/mol. The summed E-state index contributed by atoms with van der Waals surface area (Å²) in [6.45, 7) is 9.00. The second-order valence-corrected chi connectivity index (χ2v) is 11.5. The minimum atomic E-state index is -0.820. The van der Waals surface area contributed by atoms with Gasteiger partial charge in [0.25, 0.3) is 0 Å². The largest absolute Gasteiger partial charge is 0.490 e. The van der Waals surface area contributed by atoms with Gasteiger partial charge in [-0.1, -0.05) is 30.3 Å². The van der Waals surface area contributed by atoms with Gasteiger partial charge in [0, 0.05) is 48.6 Å². The number of thiazole rings is 1. The van der Waals surface area contributed by atoms with E-state index in [1.54, 1.807) is 26.2 Å². The van der Waals surface area contributed by atoms with Gasteiger partial charge in [0.05, 0.1) is 5.51 Å². The van der Waals surface area contributed by atoms with E-state index in [9.17, 15) is 4.79 Å². The van der Waals surface area contributed by atoms with Crippen LogP contribution in [0.25, 0.3) is 0 Å². The number of aromatic nitrogens is 1. The first-order chi connectivity index (χ1) is 17.6. The van der Waals surface area contributed by atoms with Crippen LogP contribution in [0.2, 0.25) is 0 Å². The normalized spacial score (nSPS) is 15.8. The molecule has 1 unspecified atom stereocenters. The van der Waals surface area contributed by atoms with Gasteiger partial charge in [-0.2, -0.15) is 4.31 Å². The highest BCUT2D eigenvalue weighted by Gasteiger charge is 2.29. The minimum Gasteiger partial charge on any atom is -0.490 e. The van der Waals surface area contributed by atoms with Crippen LogP contribution in [-0.4, -0.2) is 40.8 Å². The molecule has 2 heterocycles. The molecule has 1 aliphatic heterocycles. The van der Waals surface area contributed by atoms with Crippen molar-refractivity contribution in [2.75, 3.05) is 17.4 Å². The lowest BCUT2D eigenvalue weighted by Gasteiger charge is -2.36. The molecule has 1 amide bonds. The van der Waals surface area contributed by atoms with E-state index in [0.29, 0.717) is 18.0 Å². The maximum absolute atomic E-state index is 15.1. The lowest BCUT2D eigenvalue weighted by atomic mass is 10.0. The second kappa shape index (κ2) is 11.8. The summed E-state index contributed by atoms with van der Waals surface area (Å²) >= 11 is 1.86. The molecular formula is C27H31F2N3O3S2. The third-order valence-corrected chi connectivity index (χ3v) is 7.62. The number of amides is 1. The molecule has 1 atom stereocenters. The smallest absolute Gasteiger partial charge is 0.426 e. The third-order valence-electron chi connectivity index (χ3n) is 5.95. The van der Waals surface area contributed by atoms with Gasteiger partial charge in [-0.25, -0.2) is 18.6 Å². The van der Waals surface area contributed by atoms with Gasteiger partial charge in [0.2, 0.25) is 0 Å². The molecule has 0 aliphatic carbocycles. The number of nitrogens with zero attached hydrogens (tertiary/aromatic N) is 3. The molecule has 0 radical (unpaired) electrons. The Balaban J connectivity index is 1.41. The number of carbonyl (C=O) groups excluding carboxylic acids is 1. The Morgan fingerprint density at radius 2 is 1.81 bits per heavy atom. The van der Waals surface area contributed by atoms with Gasteiger partial charge in [-0.3, -0.25) is 4.90 Å². The highest BCUT2D eigenvalue weighted by Crippen LogP contribution is 2.36. The van der Waals surface area contributed by atoms with Crippen molar-refractivity contribution in [1.29, 1.82) is 0 Å². The van der Waals surface area contributed by atoms with Crippen molar-refractivity contribution in [1.82, 2.24) is 9.88 Å². The number of rotatable bonds is 7. The van der Waals surface area contributed by atoms with Crippen LogP contribution in [0.15, 0.2) is 58.3 Å². The van der Waals surface area contributed by atoms with Crippen molar-refractivity contribution >= 4 is 35.2 Å². The van der Waals surface area contributed by atoms with E-state index in [1.165, 1.54) is 34.5 Å². The second-order valence-electron chi connectivity index (χ2n) is 9.87. The van der Waals surface area contributed by atoms with E-state index in [-0.39, 0.29) is 22.6 Å². The van der Waals surface area contributed by atoms with Gasteiger partial charge in [0.15, 0.2) is 5.82 Å². The zero-order valence-corrected chi connectivity index (χ0v) is 23.0. The molecule has 37 heavy (non-hydrogen) atoms. The predicted molar refractivity (Wildman–Crippen MR) is 143 cm³/mol. The zero-order valence-electron chi connectivity index (χ0n) is 21.3. The summed E-state index contributed by atoms with van der Waals surface area (Å²) in [5, 5.41) is 1.61. The number of hydrogen-bond donors (Lipinski definition) is 0. The summed E-state index contributed by atoms with van der Waals surface area (Å²) in [6, 6.07) is 12.9. The van der Waals surface area contributed by atoms with E-state index in [0.717, 1.165) is 30.2 Å². The molecule has 1 aromatic heterocycles. The molecule has 1 aliphatic rings. The van der Waals surface area contributed by atoms with Crippen molar-refractivity contribution in [2.45, 2.75) is 63.2 Å². The molecule has 0 spiro atoms.